The average Bonchev–Trinajstić information content (AvgIpc) is 3.15. The molecule has 1 atom stereocenters. The van der Waals surface area contributed by atoms with E-state index in [-0.39, 0.29) is 15.4 Å². The number of benzene rings is 2. The lowest BCUT2D eigenvalue weighted by molar-refractivity contribution is 0.0987. The van der Waals surface area contributed by atoms with Gasteiger partial charge in [0.05, 0.1) is 7.11 Å². The Morgan fingerprint density at radius 1 is 1.12 bits per heavy atom. The number of hydrogen-bond donors (Lipinski definition) is 0. The Morgan fingerprint density at radius 3 is 2.38 bits per heavy atom. The number of ether oxygens (including phenoxy) is 1. The highest BCUT2D eigenvalue weighted by Gasteiger charge is 2.24. The predicted octanol–water partition coefficient (Wildman–Crippen LogP) is 3.02. The standard InChI is InChI=1S/C19H17NO4S2/c1-24-16-9-7-15(8-10-16)20(19(21)14-5-3-2-4-6-14)13-17-11-12-18(25-17)26(22)23/h2-12,17H,13H2,1H3. The SMILES string of the molecule is COc1ccc(N(CC2C=CC(=S(=O)=O)S2)C(=O)c2ccccc2)cc1. The third-order valence-electron chi connectivity index (χ3n) is 3.89. The molecule has 7 heteroatoms. The fraction of sp³-hybridized carbons (Fsp3) is 0.158. The summed E-state index contributed by atoms with van der Waals surface area (Å²) in [5.74, 6) is 0.565. The van der Waals surface area contributed by atoms with E-state index in [0.717, 1.165) is 5.69 Å². The van der Waals surface area contributed by atoms with Crippen molar-refractivity contribution in [3.63, 3.8) is 0 Å². The number of methoxy groups -OCH3 is 1. The summed E-state index contributed by atoms with van der Waals surface area (Å²) in [6.07, 6.45) is 3.39. The van der Waals surface area contributed by atoms with Gasteiger partial charge in [-0.3, -0.25) is 4.79 Å². The fourth-order valence-electron chi connectivity index (χ4n) is 2.59. The van der Waals surface area contributed by atoms with Crippen LogP contribution in [0.3, 0.4) is 0 Å². The molecule has 2 aromatic rings. The second-order valence-electron chi connectivity index (χ2n) is 5.55. The lowest BCUT2D eigenvalue weighted by atomic mass is 10.1. The number of rotatable bonds is 5. The highest BCUT2D eigenvalue weighted by molar-refractivity contribution is 8.23. The number of hydrogen-bond acceptors (Lipinski definition) is 5. The van der Waals surface area contributed by atoms with E-state index in [0.29, 0.717) is 17.9 Å². The van der Waals surface area contributed by atoms with Gasteiger partial charge in [0.15, 0.2) is 0 Å². The van der Waals surface area contributed by atoms with E-state index in [9.17, 15) is 13.2 Å². The number of amides is 1. The molecule has 3 rings (SSSR count). The van der Waals surface area contributed by atoms with E-state index in [1.54, 1.807) is 42.4 Å². The Hall–Kier alpha value is -2.51. The van der Waals surface area contributed by atoms with Crippen LogP contribution in [0, 0.1) is 0 Å². The first-order valence-corrected chi connectivity index (χ1v) is 9.86. The van der Waals surface area contributed by atoms with E-state index in [4.69, 9.17) is 4.74 Å². The minimum atomic E-state index is -2.25. The summed E-state index contributed by atoms with van der Waals surface area (Å²) in [6.45, 7) is 0.363. The Labute approximate surface area is 157 Å². The van der Waals surface area contributed by atoms with Crippen molar-refractivity contribution in [3.05, 3.63) is 72.3 Å². The van der Waals surface area contributed by atoms with Crippen LogP contribution in [0.2, 0.25) is 0 Å². The van der Waals surface area contributed by atoms with Crippen molar-refractivity contribution in [1.29, 1.82) is 0 Å². The van der Waals surface area contributed by atoms with Gasteiger partial charge in [-0.1, -0.05) is 24.3 Å². The van der Waals surface area contributed by atoms with E-state index < -0.39 is 10.3 Å². The van der Waals surface area contributed by atoms with Crippen molar-refractivity contribution < 1.29 is 17.9 Å². The average molecular weight is 387 g/mol. The van der Waals surface area contributed by atoms with Gasteiger partial charge < -0.3 is 9.64 Å². The van der Waals surface area contributed by atoms with Crippen LogP contribution in [0.5, 0.6) is 5.75 Å². The Kier molecular flexibility index (Phi) is 5.80. The zero-order valence-electron chi connectivity index (χ0n) is 14.0. The van der Waals surface area contributed by atoms with Crippen molar-refractivity contribution >= 4 is 37.8 Å². The molecule has 0 fully saturated rings. The fourth-order valence-corrected chi connectivity index (χ4v) is 4.30. The van der Waals surface area contributed by atoms with Gasteiger partial charge in [0, 0.05) is 23.0 Å². The summed E-state index contributed by atoms with van der Waals surface area (Å²) < 4.78 is 27.7. The van der Waals surface area contributed by atoms with Crippen molar-refractivity contribution in [2.75, 3.05) is 18.6 Å². The Bertz CT molecular complexity index is 943. The maximum Gasteiger partial charge on any atom is 0.258 e. The topological polar surface area (TPSA) is 63.7 Å². The zero-order chi connectivity index (χ0) is 18.5. The van der Waals surface area contributed by atoms with Crippen LogP contribution in [0.25, 0.3) is 0 Å². The molecular formula is C19H17NO4S2. The molecule has 1 aliphatic heterocycles. The molecule has 134 valence electrons. The van der Waals surface area contributed by atoms with Gasteiger partial charge in [-0.2, -0.15) is 8.42 Å². The molecule has 26 heavy (non-hydrogen) atoms. The summed E-state index contributed by atoms with van der Waals surface area (Å²) in [5.41, 5.74) is 1.30. The van der Waals surface area contributed by atoms with Crippen molar-refractivity contribution in [2.24, 2.45) is 0 Å². The molecule has 1 heterocycles. The number of carbonyl (C=O) groups is 1. The summed E-state index contributed by atoms with van der Waals surface area (Å²) in [7, 11) is -0.664. The number of anilines is 1. The van der Waals surface area contributed by atoms with Crippen LogP contribution in [0.15, 0.2) is 66.7 Å². The van der Waals surface area contributed by atoms with Gasteiger partial charge in [-0.25, -0.2) is 0 Å². The van der Waals surface area contributed by atoms with Gasteiger partial charge >= 0.3 is 0 Å². The van der Waals surface area contributed by atoms with Gasteiger partial charge in [-0.15, -0.1) is 11.8 Å². The summed E-state index contributed by atoms with van der Waals surface area (Å²) in [6, 6.07) is 16.2. The summed E-state index contributed by atoms with van der Waals surface area (Å²) >= 11 is 1.24. The second-order valence-corrected chi connectivity index (χ2v) is 8.00. The lowest BCUT2D eigenvalue weighted by Gasteiger charge is -2.25. The minimum absolute atomic E-state index is 0.127. The first-order valence-electron chi connectivity index (χ1n) is 7.90. The predicted molar refractivity (Wildman–Crippen MR) is 106 cm³/mol. The Balaban J connectivity index is 1.90. The Morgan fingerprint density at radius 2 is 1.81 bits per heavy atom. The summed E-state index contributed by atoms with van der Waals surface area (Å²) in [4.78, 5) is 14.7. The second kappa shape index (κ2) is 8.25. The molecule has 2 aromatic carbocycles. The third kappa shape index (κ3) is 4.17. The van der Waals surface area contributed by atoms with E-state index >= 15 is 0 Å². The molecule has 0 bridgehead atoms. The normalized spacial score (nSPS) is 15.7. The molecule has 1 amide bonds. The molecular weight excluding hydrogens is 370 g/mol. The third-order valence-corrected chi connectivity index (χ3v) is 6.03. The van der Waals surface area contributed by atoms with E-state index in [1.807, 2.05) is 36.4 Å². The first-order chi connectivity index (χ1) is 12.6. The van der Waals surface area contributed by atoms with Gasteiger partial charge in [-0.05, 0) is 42.5 Å². The van der Waals surface area contributed by atoms with Gasteiger partial charge in [0.1, 0.15) is 9.95 Å². The summed E-state index contributed by atoms with van der Waals surface area (Å²) in [5, 5.41) is -0.127. The van der Waals surface area contributed by atoms with Gasteiger partial charge in [0.2, 0.25) is 10.3 Å². The molecule has 0 saturated carbocycles. The molecule has 1 aliphatic rings. The van der Waals surface area contributed by atoms with E-state index in [2.05, 4.69) is 0 Å². The van der Waals surface area contributed by atoms with Crippen LogP contribution in [-0.2, 0) is 10.3 Å². The largest absolute Gasteiger partial charge is 0.497 e. The van der Waals surface area contributed by atoms with Gasteiger partial charge in [0.25, 0.3) is 5.91 Å². The first kappa shape index (κ1) is 18.3. The number of thioether (sulfide) groups is 1. The monoisotopic (exact) mass is 387 g/mol. The molecule has 5 nitrogen and oxygen atoms in total. The molecule has 0 spiro atoms. The van der Waals surface area contributed by atoms with Crippen molar-refractivity contribution in [1.82, 2.24) is 0 Å². The van der Waals surface area contributed by atoms with E-state index in [1.165, 1.54) is 11.8 Å². The lowest BCUT2D eigenvalue weighted by Crippen LogP contribution is -2.35. The van der Waals surface area contributed by atoms with Crippen LogP contribution >= 0.6 is 11.8 Å². The molecule has 0 saturated heterocycles. The maximum absolute atomic E-state index is 13.0. The molecule has 0 N–H and O–H groups in total. The van der Waals surface area contributed by atoms with Crippen LogP contribution in [0.4, 0.5) is 5.69 Å². The number of carbonyl (C=O) groups excluding carboxylic acids is 1. The quantitative estimate of drug-likeness (QED) is 0.738. The molecule has 1 unspecified atom stereocenters. The maximum atomic E-state index is 13.0. The zero-order valence-corrected chi connectivity index (χ0v) is 15.7. The highest BCUT2D eigenvalue weighted by atomic mass is 32.2. The van der Waals surface area contributed by atoms with Crippen LogP contribution in [0.1, 0.15) is 10.4 Å². The minimum Gasteiger partial charge on any atom is -0.497 e. The van der Waals surface area contributed by atoms with Crippen LogP contribution in [-0.4, -0.2) is 37.4 Å². The van der Waals surface area contributed by atoms with Crippen LogP contribution < -0.4 is 9.64 Å². The van der Waals surface area contributed by atoms with Crippen molar-refractivity contribution in [3.8, 4) is 5.75 Å². The number of nitrogens with zero attached hydrogens (tertiary/aromatic N) is 1. The van der Waals surface area contributed by atoms with Crippen molar-refractivity contribution in [2.45, 2.75) is 5.25 Å². The molecule has 0 radical (unpaired) electrons. The molecule has 0 aliphatic carbocycles. The molecule has 0 aromatic heterocycles. The highest BCUT2D eigenvalue weighted by Crippen LogP contribution is 2.27. The smallest absolute Gasteiger partial charge is 0.258 e.